The minimum atomic E-state index is -0.513. The summed E-state index contributed by atoms with van der Waals surface area (Å²) in [7, 11) is 0. The number of amides is 2. The number of urea groups is 1. The van der Waals surface area contributed by atoms with Gasteiger partial charge in [0.25, 0.3) is 0 Å². The van der Waals surface area contributed by atoms with Crippen LogP contribution in [-0.4, -0.2) is 59.8 Å². The molecule has 0 radical (unpaired) electrons. The maximum atomic E-state index is 13.6. The number of aliphatic hydroxyl groups is 1. The van der Waals surface area contributed by atoms with E-state index in [0.29, 0.717) is 37.7 Å². The number of carbonyl (C=O) groups is 1. The van der Waals surface area contributed by atoms with Gasteiger partial charge in [0.05, 0.1) is 11.8 Å². The molecule has 1 aliphatic heterocycles. The topological polar surface area (TPSA) is 55.8 Å². The first-order valence-corrected chi connectivity index (χ1v) is 7.25. The van der Waals surface area contributed by atoms with Gasteiger partial charge in [0, 0.05) is 37.7 Å². The molecule has 1 aliphatic rings. The van der Waals surface area contributed by atoms with Crippen molar-refractivity contribution in [2.75, 3.05) is 38.0 Å². The van der Waals surface area contributed by atoms with Crippen molar-refractivity contribution in [1.29, 1.82) is 0 Å². The molecule has 0 aromatic heterocycles. The van der Waals surface area contributed by atoms with Crippen molar-refractivity contribution < 1.29 is 14.3 Å². The average Bonchev–Trinajstić information content (AvgIpc) is 2.43. The lowest BCUT2D eigenvalue weighted by molar-refractivity contribution is 0.0924. The molecule has 0 saturated carbocycles. The molecular weight excluding hydrogens is 297 g/mol. The summed E-state index contributed by atoms with van der Waals surface area (Å²) in [6, 6.07) is 3.70. The molecule has 7 heteroatoms. The van der Waals surface area contributed by atoms with Gasteiger partial charge in [0.1, 0.15) is 5.82 Å². The Morgan fingerprint density at radius 1 is 1.43 bits per heavy atom. The largest absolute Gasteiger partial charge is 0.392 e. The van der Waals surface area contributed by atoms with Crippen LogP contribution in [0.25, 0.3) is 0 Å². The number of nitrogens with one attached hydrogen (secondary N) is 1. The first-order chi connectivity index (χ1) is 9.95. The fourth-order valence-electron chi connectivity index (χ4n) is 2.29. The molecule has 1 aromatic rings. The van der Waals surface area contributed by atoms with Gasteiger partial charge in [0.2, 0.25) is 0 Å². The molecule has 1 unspecified atom stereocenters. The number of anilines is 1. The minimum Gasteiger partial charge on any atom is -0.392 e. The molecule has 0 aliphatic carbocycles. The highest BCUT2D eigenvalue weighted by atomic mass is 35.5. The number of halogens is 2. The van der Waals surface area contributed by atoms with Crippen LogP contribution in [-0.2, 0) is 0 Å². The molecule has 2 rings (SSSR count). The molecule has 2 amide bonds. The Bertz CT molecular complexity index is 505. The number of nitrogens with zero attached hydrogens (tertiary/aromatic N) is 2. The van der Waals surface area contributed by atoms with Crippen LogP contribution in [0.5, 0.6) is 0 Å². The molecule has 1 saturated heterocycles. The second-order valence-electron chi connectivity index (χ2n) is 5.19. The molecule has 1 atom stereocenters. The van der Waals surface area contributed by atoms with Crippen LogP contribution in [0.2, 0.25) is 5.02 Å². The summed E-state index contributed by atoms with van der Waals surface area (Å²) in [5.41, 5.74) is 0.0823. The lowest BCUT2D eigenvalue weighted by Gasteiger charge is -2.35. The quantitative estimate of drug-likeness (QED) is 0.897. The van der Waals surface area contributed by atoms with Gasteiger partial charge >= 0.3 is 6.03 Å². The number of β-amino-alcohol motifs (C(OH)–C–C–N with tert-alkyl or cyclic N) is 1. The van der Waals surface area contributed by atoms with Gasteiger partial charge in [-0.15, -0.1) is 0 Å². The predicted octanol–water partition coefficient (Wildman–Crippen LogP) is 2.01. The van der Waals surface area contributed by atoms with E-state index in [2.05, 4.69) is 10.2 Å². The summed E-state index contributed by atoms with van der Waals surface area (Å²) < 4.78 is 13.6. The SMILES string of the molecule is CC(O)CN1CCN(C(=O)Nc2cc(Cl)ccc2F)CC1. The molecule has 1 aromatic carbocycles. The molecular formula is C14H19ClFN3O2. The smallest absolute Gasteiger partial charge is 0.322 e. The van der Waals surface area contributed by atoms with Gasteiger partial charge in [-0.2, -0.15) is 0 Å². The molecule has 0 spiro atoms. The van der Waals surface area contributed by atoms with Gasteiger partial charge < -0.3 is 15.3 Å². The van der Waals surface area contributed by atoms with E-state index in [-0.39, 0.29) is 17.8 Å². The summed E-state index contributed by atoms with van der Waals surface area (Å²) in [5, 5.41) is 12.2. The van der Waals surface area contributed by atoms with E-state index in [1.165, 1.54) is 18.2 Å². The third-order valence-corrected chi connectivity index (χ3v) is 3.59. The van der Waals surface area contributed by atoms with Crippen LogP contribution in [0.15, 0.2) is 18.2 Å². The van der Waals surface area contributed by atoms with Gasteiger partial charge in [0.15, 0.2) is 0 Å². The van der Waals surface area contributed by atoms with Crippen LogP contribution in [0, 0.1) is 5.82 Å². The Morgan fingerprint density at radius 2 is 2.10 bits per heavy atom. The zero-order valence-corrected chi connectivity index (χ0v) is 12.6. The maximum absolute atomic E-state index is 13.6. The summed E-state index contributed by atoms with van der Waals surface area (Å²) in [4.78, 5) is 15.8. The van der Waals surface area contributed by atoms with Crippen molar-refractivity contribution in [3.05, 3.63) is 29.0 Å². The van der Waals surface area contributed by atoms with Gasteiger partial charge in [-0.05, 0) is 25.1 Å². The Labute approximate surface area is 128 Å². The molecule has 1 fully saturated rings. The first kappa shape index (κ1) is 16.0. The Kier molecular flexibility index (Phi) is 5.39. The van der Waals surface area contributed by atoms with Crippen LogP contribution in [0.3, 0.4) is 0 Å². The van der Waals surface area contributed by atoms with E-state index < -0.39 is 5.82 Å². The second-order valence-corrected chi connectivity index (χ2v) is 5.63. The van der Waals surface area contributed by atoms with E-state index in [0.717, 1.165) is 0 Å². The van der Waals surface area contributed by atoms with Crippen LogP contribution >= 0.6 is 11.6 Å². The molecule has 2 N–H and O–H groups in total. The first-order valence-electron chi connectivity index (χ1n) is 6.87. The fourth-order valence-corrected chi connectivity index (χ4v) is 2.47. The highest BCUT2D eigenvalue weighted by molar-refractivity contribution is 6.30. The van der Waals surface area contributed by atoms with Crippen molar-refractivity contribution in [2.45, 2.75) is 13.0 Å². The maximum Gasteiger partial charge on any atom is 0.322 e. The summed E-state index contributed by atoms with van der Waals surface area (Å²) in [5.74, 6) is -0.513. The normalized spacial score (nSPS) is 17.6. The predicted molar refractivity (Wildman–Crippen MR) is 80.1 cm³/mol. The number of carbonyl (C=O) groups excluding carboxylic acids is 1. The summed E-state index contributed by atoms with van der Waals surface area (Å²) >= 11 is 5.79. The van der Waals surface area contributed by atoms with E-state index in [1.54, 1.807) is 11.8 Å². The highest BCUT2D eigenvalue weighted by Crippen LogP contribution is 2.20. The number of hydrogen-bond donors (Lipinski definition) is 2. The monoisotopic (exact) mass is 315 g/mol. The summed E-state index contributed by atoms with van der Waals surface area (Å²) in [6.45, 7) is 4.80. The lowest BCUT2D eigenvalue weighted by Crippen LogP contribution is -2.51. The van der Waals surface area contributed by atoms with E-state index >= 15 is 0 Å². The highest BCUT2D eigenvalue weighted by Gasteiger charge is 2.22. The van der Waals surface area contributed by atoms with Crippen molar-refractivity contribution in [3.63, 3.8) is 0 Å². The summed E-state index contributed by atoms with van der Waals surface area (Å²) in [6.07, 6.45) is -0.383. The van der Waals surface area contributed by atoms with Crippen LogP contribution in [0.4, 0.5) is 14.9 Å². The molecule has 5 nitrogen and oxygen atoms in total. The van der Waals surface area contributed by atoms with Gasteiger partial charge in [-0.1, -0.05) is 11.6 Å². The zero-order chi connectivity index (χ0) is 15.4. The van der Waals surface area contributed by atoms with Crippen LogP contribution in [0.1, 0.15) is 6.92 Å². The van der Waals surface area contributed by atoms with Crippen molar-refractivity contribution in [1.82, 2.24) is 9.80 Å². The van der Waals surface area contributed by atoms with Crippen LogP contribution < -0.4 is 5.32 Å². The molecule has 21 heavy (non-hydrogen) atoms. The van der Waals surface area contributed by atoms with E-state index in [1.807, 2.05) is 0 Å². The third kappa shape index (κ3) is 4.56. The number of hydrogen-bond acceptors (Lipinski definition) is 3. The Balaban J connectivity index is 1.89. The lowest BCUT2D eigenvalue weighted by atomic mass is 10.3. The van der Waals surface area contributed by atoms with Crippen molar-refractivity contribution >= 4 is 23.3 Å². The number of aliphatic hydroxyl groups excluding tert-OH is 1. The fraction of sp³-hybridized carbons (Fsp3) is 0.500. The Hall–Kier alpha value is -1.37. The number of piperazine rings is 1. The van der Waals surface area contributed by atoms with Crippen molar-refractivity contribution in [2.24, 2.45) is 0 Å². The second kappa shape index (κ2) is 7.06. The standard InChI is InChI=1S/C14H19ClFN3O2/c1-10(20)9-18-4-6-19(7-5-18)14(21)17-13-8-11(15)2-3-12(13)16/h2-3,8,10,20H,4-7,9H2,1H3,(H,17,21). The van der Waals surface area contributed by atoms with Crippen molar-refractivity contribution in [3.8, 4) is 0 Å². The molecule has 0 bridgehead atoms. The molecule has 116 valence electrons. The Morgan fingerprint density at radius 3 is 2.71 bits per heavy atom. The minimum absolute atomic E-state index is 0.0823. The molecule has 1 heterocycles. The zero-order valence-electron chi connectivity index (χ0n) is 11.9. The number of benzene rings is 1. The third-order valence-electron chi connectivity index (χ3n) is 3.35. The van der Waals surface area contributed by atoms with E-state index in [4.69, 9.17) is 11.6 Å². The average molecular weight is 316 g/mol. The van der Waals surface area contributed by atoms with E-state index in [9.17, 15) is 14.3 Å². The van der Waals surface area contributed by atoms with Gasteiger partial charge in [-0.3, -0.25) is 4.90 Å². The number of rotatable bonds is 3. The van der Waals surface area contributed by atoms with Gasteiger partial charge in [-0.25, -0.2) is 9.18 Å².